The summed E-state index contributed by atoms with van der Waals surface area (Å²) >= 11 is 0. The second kappa shape index (κ2) is 7.35. The highest BCUT2D eigenvalue weighted by molar-refractivity contribution is 5.95. The van der Waals surface area contributed by atoms with E-state index in [9.17, 15) is 9.59 Å². The van der Waals surface area contributed by atoms with Crippen molar-refractivity contribution >= 4 is 22.8 Å². The zero-order chi connectivity index (χ0) is 18.7. The highest BCUT2D eigenvalue weighted by Gasteiger charge is 2.14. The molecule has 0 aliphatic carbocycles. The number of imidazole rings is 1. The summed E-state index contributed by atoms with van der Waals surface area (Å²) in [5.74, 6) is 0.0591. The molecule has 2 aromatic heterocycles. The molecule has 134 valence electrons. The number of hydrogen-bond donors (Lipinski definition) is 2. The van der Waals surface area contributed by atoms with Crippen molar-refractivity contribution in [2.75, 3.05) is 6.54 Å². The van der Waals surface area contributed by atoms with Gasteiger partial charge in [-0.2, -0.15) is 0 Å². The number of para-hydroxylation sites is 2. The Bertz CT molecular complexity index is 944. The Hall–Kier alpha value is -3.22. The fourth-order valence-corrected chi connectivity index (χ4v) is 2.90. The number of nitrogens with two attached hydrogens (primary N) is 1. The lowest BCUT2D eigenvalue weighted by molar-refractivity contribution is 0.0945. The molecule has 1 aromatic carbocycles. The third kappa shape index (κ3) is 3.56. The van der Waals surface area contributed by atoms with E-state index in [0.717, 1.165) is 16.9 Å². The fourth-order valence-electron chi connectivity index (χ4n) is 2.90. The molecule has 0 aliphatic rings. The minimum absolute atomic E-state index is 0.243. The van der Waals surface area contributed by atoms with Gasteiger partial charge in [0.2, 0.25) is 5.91 Å². The number of nitrogens with one attached hydrogen (secondary N) is 1. The van der Waals surface area contributed by atoms with Crippen LogP contribution in [0.3, 0.4) is 0 Å². The molecule has 0 saturated heterocycles. The molecule has 3 aromatic rings. The molecule has 3 rings (SSSR count). The van der Waals surface area contributed by atoms with Gasteiger partial charge in [-0.15, -0.1) is 0 Å². The van der Waals surface area contributed by atoms with E-state index in [-0.39, 0.29) is 23.2 Å². The molecular weight excluding hydrogens is 330 g/mol. The van der Waals surface area contributed by atoms with Gasteiger partial charge in [-0.1, -0.05) is 12.1 Å². The summed E-state index contributed by atoms with van der Waals surface area (Å²) in [5.41, 5.74) is 7.72. The van der Waals surface area contributed by atoms with Crippen LogP contribution in [0, 0.1) is 0 Å². The Morgan fingerprint density at radius 2 is 1.96 bits per heavy atom. The predicted octanol–water partition coefficient (Wildman–Crippen LogP) is 2.08. The van der Waals surface area contributed by atoms with Crippen LogP contribution in [-0.4, -0.2) is 32.9 Å². The molecule has 0 unspecified atom stereocenters. The van der Waals surface area contributed by atoms with Crippen molar-refractivity contribution in [3.63, 3.8) is 0 Å². The monoisotopic (exact) mass is 351 g/mol. The summed E-state index contributed by atoms with van der Waals surface area (Å²) in [6.45, 7) is 4.66. The molecule has 7 heteroatoms. The van der Waals surface area contributed by atoms with Gasteiger partial charge >= 0.3 is 0 Å². The third-order valence-corrected chi connectivity index (χ3v) is 4.10. The van der Waals surface area contributed by atoms with Crippen LogP contribution in [-0.2, 0) is 6.42 Å². The van der Waals surface area contributed by atoms with E-state index in [2.05, 4.69) is 39.8 Å². The summed E-state index contributed by atoms with van der Waals surface area (Å²) in [5, 5.41) is 2.84. The van der Waals surface area contributed by atoms with E-state index in [1.165, 1.54) is 18.3 Å². The van der Waals surface area contributed by atoms with Gasteiger partial charge < -0.3 is 15.6 Å². The van der Waals surface area contributed by atoms with E-state index in [0.29, 0.717) is 13.0 Å². The quantitative estimate of drug-likeness (QED) is 0.709. The molecule has 0 bridgehead atoms. The molecule has 3 N–H and O–H groups in total. The third-order valence-electron chi connectivity index (χ3n) is 4.10. The number of carbonyl (C=O) groups is 2. The topological polar surface area (TPSA) is 103 Å². The predicted molar refractivity (Wildman–Crippen MR) is 98.9 cm³/mol. The molecule has 0 atom stereocenters. The number of carbonyl (C=O) groups excluding carboxylic acids is 2. The molecule has 0 fully saturated rings. The van der Waals surface area contributed by atoms with Crippen LogP contribution in [0.5, 0.6) is 0 Å². The van der Waals surface area contributed by atoms with Crippen molar-refractivity contribution in [2.24, 2.45) is 5.73 Å². The van der Waals surface area contributed by atoms with Crippen LogP contribution < -0.4 is 11.1 Å². The largest absolute Gasteiger partial charge is 0.366 e. The summed E-state index contributed by atoms with van der Waals surface area (Å²) in [4.78, 5) is 31.9. The standard InChI is InChI=1S/C19H21N5O2/c1-12(2)24-16-6-4-3-5-14(16)23-17(24)9-10-21-19(26)15-8-7-13(11-22-15)18(20)25/h3-8,11-12H,9-10H2,1-2H3,(H2,20,25)(H,21,26). The van der Waals surface area contributed by atoms with E-state index < -0.39 is 5.91 Å². The lowest BCUT2D eigenvalue weighted by Crippen LogP contribution is -2.27. The zero-order valence-electron chi connectivity index (χ0n) is 14.8. The van der Waals surface area contributed by atoms with Gasteiger partial charge in [-0.3, -0.25) is 14.6 Å². The lowest BCUT2D eigenvalue weighted by atomic mass is 10.2. The Labute approximate surface area is 151 Å². The fraction of sp³-hybridized carbons (Fsp3) is 0.263. The molecule has 26 heavy (non-hydrogen) atoms. The van der Waals surface area contributed by atoms with Crippen molar-refractivity contribution < 1.29 is 9.59 Å². The van der Waals surface area contributed by atoms with Crippen molar-refractivity contribution in [2.45, 2.75) is 26.3 Å². The Kier molecular flexibility index (Phi) is 4.97. The minimum Gasteiger partial charge on any atom is -0.366 e. The summed E-state index contributed by atoms with van der Waals surface area (Å²) in [6, 6.07) is 11.2. The van der Waals surface area contributed by atoms with Gasteiger partial charge in [0.15, 0.2) is 0 Å². The molecule has 2 heterocycles. The van der Waals surface area contributed by atoms with Crippen LogP contribution in [0.4, 0.5) is 0 Å². The molecule has 0 spiro atoms. The Morgan fingerprint density at radius 3 is 2.62 bits per heavy atom. The number of rotatable bonds is 6. The van der Waals surface area contributed by atoms with E-state index in [1.54, 1.807) is 0 Å². The number of pyridine rings is 1. The average molecular weight is 351 g/mol. The number of aromatic nitrogens is 3. The van der Waals surface area contributed by atoms with E-state index in [4.69, 9.17) is 5.73 Å². The number of fused-ring (bicyclic) bond motifs is 1. The van der Waals surface area contributed by atoms with Crippen molar-refractivity contribution in [1.82, 2.24) is 19.9 Å². The molecular formula is C19H21N5O2. The smallest absolute Gasteiger partial charge is 0.269 e. The summed E-state index contributed by atoms with van der Waals surface area (Å²) in [6.07, 6.45) is 1.91. The number of primary amides is 1. The first-order valence-corrected chi connectivity index (χ1v) is 8.47. The second-order valence-corrected chi connectivity index (χ2v) is 6.28. The molecule has 2 amide bonds. The van der Waals surface area contributed by atoms with Gasteiger partial charge in [-0.05, 0) is 38.1 Å². The van der Waals surface area contributed by atoms with Gasteiger partial charge in [0.05, 0.1) is 16.6 Å². The molecule has 7 nitrogen and oxygen atoms in total. The van der Waals surface area contributed by atoms with Gasteiger partial charge in [0.1, 0.15) is 11.5 Å². The van der Waals surface area contributed by atoms with Crippen LogP contribution in [0.1, 0.15) is 46.6 Å². The first kappa shape index (κ1) is 17.6. The highest BCUT2D eigenvalue weighted by Crippen LogP contribution is 2.21. The van der Waals surface area contributed by atoms with E-state index >= 15 is 0 Å². The maximum atomic E-state index is 12.2. The average Bonchev–Trinajstić information content (AvgIpc) is 3.00. The zero-order valence-corrected chi connectivity index (χ0v) is 14.8. The van der Waals surface area contributed by atoms with Crippen LogP contribution >= 0.6 is 0 Å². The maximum Gasteiger partial charge on any atom is 0.269 e. The number of nitrogens with zero attached hydrogens (tertiary/aromatic N) is 3. The van der Waals surface area contributed by atoms with Crippen LogP contribution in [0.15, 0.2) is 42.6 Å². The highest BCUT2D eigenvalue weighted by atomic mass is 16.2. The minimum atomic E-state index is -0.572. The number of benzene rings is 1. The Balaban J connectivity index is 1.68. The normalized spacial score (nSPS) is 11.0. The number of hydrogen-bond acceptors (Lipinski definition) is 4. The number of amides is 2. The Morgan fingerprint density at radius 1 is 1.19 bits per heavy atom. The van der Waals surface area contributed by atoms with E-state index in [1.807, 2.05) is 18.2 Å². The first-order chi connectivity index (χ1) is 12.5. The van der Waals surface area contributed by atoms with Gasteiger partial charge in [0, 0.05) is 25.2 Å². The summed E-state index contributed by atoms with van der Waals surface area (Å²) < 4.78 is 2.18. The van der Waals surface area contributed by atoms with Gasteiger partial charge in [-0.25, -0.2) is 4.98 Å². The molecule has 0 saturated carbocycles. The molecule has 0 aliphatic heterocycles. The second-order valence-electron chi connectivity index (χ2n) is 6.28. The first-order valence-electron chi connectivity index (χ1n) is 8.47. The van der Waals surface area contributed by atoms with Crippen molar-refractivity contribution in [1.29, 1.82) is 0 Å². The summed E-state index contributed by atoms with van der Waals surface area (Å²) in [7, 11) is 0. The SMILES string of the molecule is CC(C)n1c(CCNC(=O)c2ccc(C(N)=O)cn2)nc2ccccc21. The van der Waals surface area contributed by atoms with Crippen LogP contribution in [0.2, 0.25) is 0 Å². The molecule has 0 radical (unpaired) electrons. The van der Waals surface area contributed by atoms with Crippen LogP contribution in [0.25, 0.3) is 11.0 Å². The maximum absolute atomic E-state index is 12.2. The van der Waals surface area contributed by atoms with Crippen molar-refractivity contribution in [3.8, 4) is 0 Å². The van der Waals surface area contributed by atoms with Gasteiger partial charge in [0.25, 0.3) is 5.91 Å². The lowest BCUT2D eigenvalue weighted by Gasteiger charge is -2.13. The van der Waals surface area contributed by atoms with Crippen molar-refractivity contribution in [3.05, 3.63) is 59.7 Å².